The van der Waals surface area contributed by atoms with Crippen molar-refractivity contribution in [3.63, 3.8) is 0 Å². The van der Waals surface area contributed by atoms with Gasteiger partial charge in [0.2, 0.25) is 9.84 Å². The van der Waals surface area contributed by atoms with Gasteiger partial charge in [-0.15, -0.1) is 0 Å². The van der Waals surface area contributed by atoms with Crippen molar-refractivity contribution in [2.45, 2.75) is 55.4 Å². The molecule has 6 heteroatoms. The SMILES string of the molecule is CCCCC[C@H](C)ONC(=O)c1ccccc1S(=O)(=O)c1ccc(-c2ccccc2)cc1. The van der Waals surface area contributed by atoms with Gasteiger partial charge in [-0.2, -0.15) is 0 Å². The van der Waals surface area contributed by atoms with Crippen LogP contribution in [0.3, 0.4) is 0 Å². The van der Waals surface area contributed by atoms with E-state index in [9.17, 15) is 13.2 Å². The first-order valence-corrected chi connectivity index (χ1v) is 12.4. The van der Waals surface area contributed by atoms with Crippen LogP contribution in [0.1, 0.15) is 49.9 Å². The fraction of sp³-hybridized carbons (Fsp3) is 0.269. The van der Waals surface area contributed by atoms with E-state index in [4.69, 9.17) is 4.84 Å². The Labute approximate surface area is 190 Å². The molecule has 0 fully saturated rings. The molecule has 0 aliphatic heterocycles. The molecule has 0 aliphatic carbocycles. The molecule has 0 unspecified atom stereocenters. The Kier molecular flexibility index (Phi) is 8.20. The summed E-state index contributed by atoms with van der Waals surface area (Å²) in [7, 11) is -3.89. The summed E-state index contributed by atoms with van der Waals surface area (Å²) in [6.45, 7) is 4.01. The largest absolute Gasteiger partial charge is 0.276 e. The molecule has 3 aromatic rings. The number of carbonyl (C=O) groups is 1. The van der Waals surface area contributed by atoms with Gasteiger partial charge >= 0.3 is 0 Å². The van der Waals surface area contributed by atoms with E-state index in [1.807, 2.05) is 37.3 Å². The van der Waals surface area contributed by atoms with Gasteiger partial charge in [-0.1, -0.05) is 80.8 Å². The average Bonchev–Trinajstić information content (AvgIpc) is 2.83. The van der Waals surface area contributed by atoms with Gasteiger partial charge in [0.05, 0.1) is 21.5 Å². The highest BCUT2D eigenvalue weighted by molar-refractivity contribution is 7.91. The molecule has 1 amide bonds. The Morgan fingerprint density at radius 2 is 1.50 bits per heavy atom. The molecule has 1 atom stereocenters. The van der Waals surface area contributed by atoms with Crippen molar-refractivity contribution < 1.29 is 18.0 Å². The Balaban J connectivity index is 1.78. The van der Waals surface area contributed by atoms with E-state index in [2.05, 4.69) is 12.4 Å². The number of unbranched alkanes of at least 4 members (excludes halogenated alkanes) is 2. The molecule has 1 N–H and O–H groups in total. The lowest BCUT2D eigenvalue weighted by Crippen LogP contribution is -2.29. The number of carbonyl (C=O) groups excluding carboxylic acids is 1. The Morgan fingerprint density at radius 1 is 0.875 bits per heavy atom. The van der Waals surface area contributed by atoms with E-state index in [-0.39, 0.29) is 21.5 Å². The van der Waals surface area contributed by atoms with Crippen molar-refractivity contribution in [2.75, 3.05) is 0 Å². The molecule has 0 aromatic heterocycles. The molecule has 0 bridgehead atoms. The second-order valence-electron chi connectivity index (χ2n) is 7.75. The summed E-state index contributed by atoms with van der Waals surface area (Å²) in [6, 6.07) is 22.6. The van der Waals surface area contributed by atoms with E-state index >= 15 is 0 Å². The van der Waals surface area contributed by atoms with Gasteiger partial charge in [-0.3, -0.25) is 9.63 Å². The number of rotatable bonds is 10. The fourth-order valence-corrected chi connectivity index (χ4v) is 4.88. The summed E-state index contributed by atoms with van der Waals surface area (Å²) in [5, 5.41) is 0. The molecule has 0 saturated heterocycles. The zero-order valence-corrected chi connectivity index (χ0v) is 19.3. The molecule has 0 aliphatic rings. The third kappa shape index (κ3) is 5.84. The van der Waals surface area contributed by atoms with Gasteiger partial charge in [0, 0.05) is 0 Å². The molecule has 32 heavy (non-hydrogen) atoms. The van der Waals surface area contributed by atoms with Gasteiger partial charge in [-0.05, 0) is 48.7 Å². The molecule has 168 valence electrons. The lowest BCUT2D eigenvalue weighted by atomic mass is 10.1. The smallest absolute Gasteiger partial charge is 0.270 e. The Bertz CT molecular complexity index is 1130. The minimum Gasteiger partial charge on any atom is -0.270 e. The number of benzene rings is 3. The summed E-state index contributed by atoms with van der Waals surface area (Å²) < 4.78 is 26.6. The molecule has 5 nitrogen and oxygen atoms in total. The van der Waals surface area contributed by atoms with Crippen molar-refractivity contribution in [3.05, 3.63) is 84.4 Å². The van der Waals surface area contributed by atoms with Crippen LogP contribution < -0.4 is 5.48 Å². The van der Waals surface area contributed by atoms with Crippen LogP contribution in [-0.4, -0.2) is 20.4 Å². The van der Waals surface area contributed by atoms with Gasteiger partial charge in [0.25, 0.3) is 5.91 Å². The topological polar surface area (TPSA) is 72.5 Å². The monoisotopic (exact) mass is 451 g/mol. The van der Waals surface area contributed by atoms with Crippen LogP contribution in [0, 0.1) is 0 Å². The van der Waals surface area contributed by atoms with Crippen LogP contribution in [-0.2, 0) is 14.7 Å². The van der Waals surface area contributed by atoms with Crippen molar-refractivity contribution in [2.24, 2.45) is 0 Å². The van der Waals surface area contributed by atoms with Crippen LogP contribution in [0.2, 0.25) is 0 Å². The minimum absolute atomic E-state index is 0.0489. The van der Waals surface area contributed by atoms with Gasteiger partial charge < -0.3 is 0 Å². The first-order valence-electron chi connectivity index (χ1n) is 10.9. The molecule has 3 rings (SSSR count). The molecule has 0 saturated carbocycles. The Morgan fingerprint density at radius 3 is 2.19 bits per heavy atom. The van der Waals surface area contributed by atoms with Crippen molar-refractivity contribution >= 4 is 15.7 Å². The number of nitrogens with one attached hydrogen (secondary N) is 1. The van der Waals surface area contributed by atoms with Crippen LogP contribution in [0.25, 0.3) is 11.1 Å². The zero-order chi connectivity index (χ0) is 23.0. The molecular formula is C26H29NO4S. The van der Waals surface area contributed by atoms with Gasteiger partial charge in [-0.25, -0.2) is 13.9 Å². The normalized spacial score (nSPS) is 12.3. The number of sulfone groups is 1. The fourth-order valence-electron chi connectivity index (χ4n) is 3.42. The lowest BCUT2D eigenvalue weighted by molar-refractivity contribution is -0.0121. The Hall–Kier alpha value is -2.96. The predicted molar refractivity (Wildman–Crippen MR) is 126 cm³/mol. The predicted octanol–water partition coefficient (Wildman–Crippen LogP) is 5.82. The van der Waals surface area contributed by atoms with E-state index in [1.165, 1.54) is 12.1 Å². The highest BCUT2D eigenvalue weighted by atomic mass is 32.2. The molecular weight excluding hydrogens is 422 g/mol. The second-order valence-corrected chi connectivity index (χ2v) is 9.66. The minimum atomic E-state index is -3.89. The average molecular weight is 452 g/mol. The van der Waals surface area contributed by atoms with Crippen molar-refractivity contribution in [1.29, 1.82) is 0 Å². The number of amides is 1. The maximum absolute atomic E-state index is 13.3. The van der Waals surface area contributed by atoms with E-state index in [0.29, 0.717) is 0 Å². The summed E-state index contributed by atoms with van der Waals surface area (Å²) in [4.78, 5) is 18.2. The summed E-state index contributed by atoms with van der Waals surface area (Å²) in [6.07, 6.45) is 3.89. The van der Waals surface area contributed by atoms with E-state index in [1.54, 1.807) is 36.4 Å². The molecule has 0 heterocycles. The maximum atomic E-state index is 13.3. The maximum Gasteiger partial charge on any atom is 0.276 e. The second kappa shape index (κ2) is 11.1. The number of hydrogen-bond donors (Lipinski definition) is 1. The molecule has 3 aromatic carbocycles. The summed E-state index contributed by atoms with van der Waals surface area (Å²) >= 11 is 0. The lowest BCUT2D eigenvalue weighted by Gasteiger charge is -2.15. The van der Waals surface area contributed by atoms with E-state index < -0.39 is 15.7 Å². The quantitative estimate of drug-likeness (QED) is 0.312. The van der Waals surface area contributed by atoms with Crippen molar-refractivity contribution in [3.8, 4) is 11.1 Å². The molecule has 0 radical (unpaired) electrons. The summed E-state index contributed by atoms with van der Waals surface area (Å²) in [5.74, 6) is -0.576. The van der Waals surface area contributed by atoms with Crippen LogP contribution >= 0.6 is 0 Å². The summed E-state index contributed by atoms with van der Waals surface area (Å²) in [5.41, 5.74) is 4.39. The van der Waals surface area contributed by atoms with Crippen LogP contribution in [0.5, 0.6) is 0 Å². The first-order chi connectivity index (χ1) is 15.4. The standard InChI is InChI=1S/C26H29NO4S/c1-3-4-6-11-20(2)31-27-26(28)24-14-9-10-15-25(24)32(29,30)23-18-16-22(17-19-23)21-12-7-5-8-13-21/h5,7-10,12-20H,3-4,6,11H2,1-2H3,(H,27,28)/t20-/m0/s1. The highest BCUT2D eigenvalue weighted by Gasteiger charge is 2.24. The number of hydroxylamine groups is 1. The van der Waals surface area contributed by atoms with Crippen molar-refractivity contribution in [1.82, 2.24) is 5.48 Å². The highest BCUT2D eigenvalue weighted by Crippen LogP contribution is 2.27. The van der Waals surface area contributed by atoms with Gasteiger partial charge in [0.1, 0.15) is 0 Å². The zero-order valence-electron chi connectivity index (χ0n) is 18.5. The number of hydrogen-bond acceptors (Lipinski definition) is 4. The first kappa shape index (κ1) is 23.7. The third-order valence-corrected chi connectivity index (χ3v) is 7.09. The van der Waals surface area contributed by atoms with Gasteiger partial charge in [0.15, 0.2) is 0 Å². The molecule has 0 spiro atoms. The van der Waals surface area contributed by atoms with Crippen LogP contribution in [0.4, 0.5) is 0 Å². The van der Waals surface area contributed by atoms with Crippen LogP contribution in [0.15, 0.2) is 88.7 Å². The third-order valence-electron chi connectivity index (χ3n) is 5.26. The van der Waals surface area contributed by atoms with E-state index in [0.717, 1.165) is 36.8 Å².